The maximum absolute atomic E-state index is 12.2. The second-order valence-electron chi connectivity index (χ2n) is 7.34. The van der Waals surface area contributed by atoms with E-state index in [9.17, 15) is 4.79 Å². The van der Waals surface area contributed by atoms with Gasteiger partial charge in [0.2, 0.25) is 0 Å². The fraction of sp³-hybridized carbons (Fsp3) is 0.650. The average molecular weight is 361 g/mol. The highest BCUT2D eigenvalue weighted by atomic mass is 16.5. The van der Waals surface area contributed by atoms with Gasteiger partial charge in [-0.25, -0.2) is 4.79 Å². The second kappa shape index (κ2) is 9.78. The van der Waals surface area contributed by atoms with Crippen molar-refractivity contribution in [3.05, 3.63) is 24.3 Å². The molecule has 2 aliphatic rings. The molecular weight excluding hydrogens is 330 g/mol. The molecule has 26 heavy (non-hydrogen) atoms. The zero-order valence-corrected chi connectivity index (χ0v) is 15.7. The third kappa shape index (κ3) is 5.88. The van der Waals surface area contributed by atoms with E-state index in [2.05, 4.69) is 15.5 Å². The first-order valence-electron chi connectivity index (χ1n) is 9.76. The van der Waals surface area contributed by atoms with Crippen LogP contribution in [0.5, 0.6) is 5.75 Å². The summed E-state index contributed by atoms with van der Waals surface area (Å²) in [5.41, 5.74) is 0.770. The Bertz CT molecular complexity index is 575. The summed E-state index contributed by atoms with van der Waals surface area (Å²) in [7, 11) is 1.73. The Morgan fingerprint density at radius 3 is 2.92 bits per heavy atom. The summed E-state index contributed by atoms with van der Waals surface area (Å²) in [5.74, 6) is 1.34. The normalized spacial score (nSPS) is 21.0. The molecule has 1 atom stereocenters. The van der Waals surface area contributed by atoms with E-state index in [1.54, 1.807) is 7.11 Å². The molecule has 2 amide bonds. The molecule has 6 nitrogen and oxygen atoms in total. The highest BCUT2D eigenvalue weighted by molar-refractivity contribution is 5.89. The number of urea groups is 1. The number of ether oxygens (including phenoxy) is 2. The minimum Gasteiger partial charge on any atom is -0.490 e. The molecule has 2 fully saturated rings. The van der Waals surface area contributed by atoms with Gasteiger partial charge in [-0.3, -0.25) is 0 Å². The SMILES string of the molecule is COCCN1CCC(CNC(=O)Nc2cccc(OC3CCCC3)c2)C1. The van der Waals surface area contributed by atoms with Gasteiger partial charge in [-0.15, -0.1) is 0 Å². The summed E-state index contributed by atoms with van der Waals surface area (Å²) in [6.07, 6.45) is 6.18. The number of carbonyl (C=O) groups is 1. The van der Waals surface area contributed by atoms with Gasteiger partial charge in [0.1, 0.15) is 5.75 Å². The van der Waals surface area contributed by atoms with Gasteiger partial charge in [0.05, 0.1) is 12.7 Å². The molecule has 1 saturated carbocycles. The number of benzene rings is 1. The van der Waals surface area contributed by atoms with E-state index in [0.717, 1.165) is 56.9 Å². The van der Waals surface area contributed by atoms with Gasteiger partial charge >= 0.3 is 6.03 Å². The van der Waals surface area contributed by atoms with E-state index in [4.69, 9.17) is 9.47 Å². The molecule has 0 aromatic heterocycles. The van der Waals surface area contributed by atoms with Crippen LogP contribution in [0, 0.1) is 5.92 Å². The van der Waals surface area contributed by atoms with Crippen LogP contribution < -0.4 is 15.4 Å². The second-order valence-corrected chi connectivity index (χ2v) is 7.34. The van der Waals surface area contributed by atoms with Gasteiger partial charge < -0.3 is 25.0 Å². The zero-order valence-electron chi connectivity index (χ0n) is 15.7. The van der Waals surface area contributed by atoms with Gasteiger partial charge in [-0.2, -0.15) is 0 Å². The van der Waals surface area contributed by atoms with Crippen molar-refractivity contribution in [1.29, 1.82) is 0 Å². The maximum atomic E-state index is 12.2. The molecule has 1 heterocycles. The third-order valence-corrected chi connectivity index (χ3v) is 5.23. The van der Waals surface area contributed by atoms with Crippen LogP contribution in [-0.2, 0) is 4.74 Å². The van der Waals surface area contributed by atoms with E-state index in [1.807, 2.05) is 24.3 Å². The number of carbonyl (C=O) groups excluding carboxylic acids is 1. The molecule has 144 valence electrons. The predicted octanol–water partition coefficient (Wildman–Crippen LogP) is 3.10. The summed E-state index contributed by atoms with van der Waals surface area (Å²) >= 11 is 0. The average Bonchev–Trinajstić information content (AvgIpc) is 3.30. The van der Waals surface area contributed by atoms with E-state index in [1.165, 1.54) is 12.8 Å². The molecule has 2 N–H and O–H groups in total. The molecule has 6 heteroatoms. The van der Waals surface area contributed by atoms with Crippen molar-refractivity contribution in [2.24, 2.45) is 5.92 Å². The van der Waals surface area contributed by atoms with Crippen LogP contribution in [0.4, 0.5) is 10.5 Å². The number of nitrogens with zero attached hydrogens (tertiary/aromatic N) is 1. The molecule has 0 spiro atoms. The Kier molecular flexibility index (Phi) is 7.14. The topological polar surface area (TPSA) is 62.8 Å². The summed E-state index contributed by atoms with van der Waals surface area (Å²) in [5, 5.41) is 5.91. The molecule has 1 aliphatic carbocycles. The smallest absolute Gasteiger partial charge is 0.319 e. The summed E-state index contributed by atoms with van der Waals surface area (Å²) in [4.78, 5) is 14.6. The highest BCUT2D eigenvalue weighted by Crippen LogP contribution is 2.25. The molecule has 0 radical (unpaired) electrons. The molecule has 1 saturated heterocycles. The number of amides is 2. The molecule has 3 rings (SSSR count). The lowest BCUT2D eigenvalue weighted by atomic mass is 10.1. The highest BCUT2D eigenvalue weighted by Gasteiger charge is 2.22. The lowest BCUT2D eigenvalue weighted by Gasteiger charge is -2.16. The van der Waals surface area contributed by atoms with Crippen molar-refractivity contribution in [3.63, 3.8) is 0 Å². The van der Waals surface area contributed by atoms with Gasteiger partial charge in [0.25, 0.3) is 0 Å². The number of hydrogen-bond acceptors (Lipinski definition) is 4. The predicted molar refractivity (Wildman–Crippen MR) is 103 cm³/mol. The van der Waals surface area contributed by atoms with Crippen molar-refractivity contribution in [2.45, 2.75) is 38.2 Å². The van der Waals surface area contributed by atoms with Crippen molar-refractivity contribution < 1.29 is 14.3 Å². The fourth-order valence-corrected chi connectivity index (χ4v) is 3.76. The lowest BCUT2D eigenvalue weighted by molar-refractivity contribution is 0.159. The number of methoxy groups -OCH3 is 1. The van der Waals surface area contributed by atoms with E-state index in [0.29, 0.717) is 18.6 Å². The first kappa shape index (κ1) is 19.0. The van der Waals surface area contributed by atoms with E-state index >= 15 is 0 Å². The van der Waals surface area contributed by atoms with E-state index in [-0.39, 0.29) is 6.03 Å². The van der Waals surface area contributed by atoms with Crippen LogP contribution >= 0.6 is 0 Å². The van der Waals surface area contributed by atoms with Crippen LogP contribution in [0.2, 0.25) is 0 Å². The van der Waals surface area contributed by atoms with Crippen LogP contribution in [0.25, 0.3) is 0 Å². The minimum absolute atomic E-state index is 0.154. The monoisotopic (exact) mass is 361 g/mol. The van der Waals surface area contributed by atoms with Crippen LogP contribution in [0.1, 0.15) is 32.1 Å². The van der Waals surface area contributed by atoms with Crippen LogP contribution in [0.15, 0.2) is 24.3 Å². The number of nitrogens with one attached hydrogen (secondary N) is 2. The molecule has 0 bridgehead atoms. The van der Waals surface area contributed by atoms with Crippen molar-refractivity contribution >= 4 is 11.7 Å². The Balaban J connectivity index is 1.39. The van der Waals surface area contributed by atoms with Crippen molar-refractivity contribution in [1.82, 2.24) is 10.2 Å². The third-order valence-electron chi connectivity index (χ3n) is 5.23. The van der Waals surface area contributed by atoms with Gasteiger partial charge in [0.15, 0.2) is 0 Å². The Morgan fingerprint density at radius 1 is 1.27 bits per heavy atom. The maximum Gasteiger partial charge on any atom is 0.319 e. The van der Waals surface area contributed by atoms with Gasteiger partial charge in [0, 0.05) is 38.5 Å². The molecule has 1 unspecified atom stereocenters. The Labute approximate surface area is 156 Å². The standard InChI is InChI=1S/C20H31N3O3/c1-25-12-11-23-10-9-16(15-23)14-21-20(24)22-17-5-4-8-19(13-17)26-18-6-2-3-7-18/h4-5,8,13,16,18H,2-3,6-7,9-12,14-15H2,1H3,(H2,21,22,24). The number of hydrogen-bond donors (Lipinski definition) is 2. The first-order valence-corrected chi connectivity index (χ1v) is 9.76. The number of anilines is 1. The van der Waals surface area contributed by atoms with Gasteiger partial charge in [-0.1, -0.05) is 6.07 Å². The van der Waals surface area contributed by atoms with E-state index < -0.39 is 0 Å². The fourth-order valence-electron chi connectivity index (χ4n) is 3.76. The first-order chi connectivity index (χ1) is 12.7. The zero-order chi connectivity index (χ0) is 18.2. The summed E-state index contributed by atoms with van der Waals surface area (Å²) < 4.78 is 11.1. The van der Waals surface area contributed by atoms with Gasteiger partial charge in [-0.05, 0) is 56.7 Å². The minimum atomic E-state index is -0.154. The number of rotatable bonds is 8. The summed E-state index contributed by atoms with van der Waals surface area (Å²) in [6, 6.07) is 7.51. The Morgan fingerprint density at radius 2 is 2.12 bits per heavy atom. The van der Waals surface area contributed by atoms with Crippen molar-refractivity contribution in [2.75, 3.05) is 45.2 Å². The number of likely N-dealkylation sites (tertiary alicyclic amines) is 1. The largest absolute Gasteiger partial charge is 0.490 e. The lowest BCUT2D eigenvalue weighted by Crippen LogP contribution is -2.34. The quantitative estimate of drug-likeness (QED) is 0.747. The van der Waals surface area contributed by atoms with Crippen LogP contribution in [0.3, 0.4) is 0 Å². The molecule has 1 aromatic carbocycles. The molecule has 1 aliphatic heterocycles. The van der Waals surface area contributed by atoms with Crippen LogP contribution in [-0.4, -0.2) is 56.9 Å². The molecule has 1 aromatic rings. The Hall–Kier alpha value is -1.79. The van der Waals surface area contributed by atoms with Crippen molar-refractivity contribution in [3.8, 4) is 5.75 Å². The summed E-state index contributed by atoms with van der Waals surface area (Å²) in [6.45, 7) is 4.53. The molecular formula is C20H31N3O3.